The number of nitrogens with zero attached hydrogens (tertiary/aromatic N) is 1. The van der Waals surface area contributed by atoms with Gasteiger partial charge >= 0.3 is 0 Å². The molecule has 2 heterocycles. The van der Waals surface area contributed by atoms with Gasteiger partial charge < -0.3 is 4.98 Å². The lowest BCUT2D eigenvalue weighted by Gasteiger charge is -2.26. The van der Waals surface area contributed by atoms with Gasteiger partial charge in [-0.25, -0.2) is 0 Å². The molecule has 0 atom stereocenters. The van der Waals surface area contributed by atoms with Gasteiger partial charge in [-0.05, 0) is 30.5 Å². The quantitative estimate of drug-likeness (QED) is 0.834. The van der Waals surface area contributed by atoms with Crippen molar-refractivity contribution in [3.63, 3.8) is 0 Å². The van der Waals surface area contributed by atoms with Crippen molar-refractivity contribution in [2.24, 2.45) is 0 Å². The minimum Gasteiger partial charge on any atom is -0.361 e. The summed E-state index contributed by atoms with van der Waals surface area (Å²) in [5.41, 5.74) is 5.60. The Labute approximate surface area is 102 Å². The van der Waals surface area contributed by atoms with E-state index in [1.807, 2.05) is 0 Å². The molecule has 0 saturated heterocycles. The van der Waals surface area contributed by atoms with E-state index in [9.17, 15) is 0 Å². The number of benzene rings is 1. The van der Waals surface area contributed by atoms with Gasteiger partial charge in [-0.2, -0.15) is 0 Å². The fourth-order valence-corrected chi connectivity index (χ4v) is 2.62. The molecule has 2 nitrogen and oxygen atoms in total. The molecule has 1 aromatic heterocycles. The molecule has 0 aliphatic carbocycles. The van der Waals surface area contributed by atoms with Crippen LogP contribution in [0.3, 0.4) is 0 Å². The highest BCUT2D eigenvalue weighted by atomic mass is 15.1. The molecular formula is C15H18N2. The van der Waals surface area contributed by atoms with Crippen molar-refractivity contribution in [2.45, 2.75) is 26.4 Å². The van der Waals surface area contributed by atoms with Crippen LogP contribution in [-0.4, -0.2) is 16.4 Å². The summed E-state index contributed by atoms with van der Waals surface area (Å²) >= 11 is 0. The maximum atomic E-state index is 3.47. The second-order valence-electron chi connectivity index (χ2n) is 4.90. The van der Waals surface area contributed by atoms with Crippen molar-refractivity contribution in [3.8, 4) is 0 Å². The zero-order chi connectivity index (χ0) is 11.7. The standard InChI is InChI=1S/C15H18N2/c1-12-9-14-7-8-17(11-15(14)16-12)10-13-5-3-2-4-6-13/h2-6,9,16H,7-8,10-11H2,1H3. The highest BCUT2D eigenvalue weighted by Gasteiger charge is 2.17. The molecule has 0 amide bonds. The third kappa shape index (κ3) is 2.27. The normalized spacial score (nSPS) is 15.8. The van der Waals surface area contributed by atoms with Crippen molar-refractivity contribution < 1.29 is 0 Å². The molecule has 1 aliphatic rings. The Balaban J connectivity index is 1.72. The van der Waals surface area contributed by atoms with Crippen LogP contribution in [0.1, 0.15) is 22.5 Å². The maximum absolute atomic E-state index is 3.47. The van der Waals surface area contributed by atoms with Crippen molar-refractivity contribution in [1.29, 1.82) is 0 Å². The second-order valence-corrected chi connectivity index (χ2v) is 4.90. The van der Waals surface area contributed by atoms with Gasteiger partial charge in [0.25, 0.3) is 0 Å². The minimum absolute atomic E-state index is 1.05. The van der Waals surface area contributed by atoms with Crippen LogP contribution in [0.25, 0.3) is 0 Å². The van der Waals surface area contributed by atoms with E-state index in [1.54, 1.807) is 0 Å². The van der Waals surface area contributed by atoms with Crippen molar-refractivity contribution in [1.82, 2.24) is 9.88 Å². The van der Waals surface area contributed by atoms with Gasteiger partial charge in [0.1, 0.15) is 0 Å². The van der Waals surface area contributed by atoms with E-state index < -0.39 is 0 Å². The van der Waals surface area contributed by atoms with E-state index in [2.05, 4.69) is 53.2 Å². The Morgan fingerprint density at radius 3 is 2.88 bits per heavy atom. The van der Waals surface area contributed by atoms with Crippen LogP contribution in [0, 0.1) is 6.92 Å². The Bertz CT molecular complexity index is 499. The smallest absolute Gasteiger partial charge is 0.0391 e. The van der Waals surface area contributed by atoms with Crippen molar-refractivity contribution in [2.75, 3.05) is 6.54 Å². The van der Waals surface area contributed by atoms with Gasteiger partial charge in [-0.15, -0.1) is 0 Å². The van der Waals surface area contributed by atoms with Gasteiger partial charge in [0.2, 0.25) is 0 Å². The van der Waals surface area contributed by atoms with E-state index in [0.29, 0.717) is 0 Å². The number of hydrogen-bond acceptors (Lipinski definition) is 1. The molecular weight excluding hydrogens is 208 g/mol. The lowest BCUT2D eigenvalue weighted by molar-refractivity contribution is 0.243. The maximum Gasteiger partial charge on any atom is 0.0391 e. The number of aromatic nitrogens is 1. The van der Waals surface area contributed by atoms with Gasteiger partial charge in [-0.1, -0.05) is 30.3 Å². The third-order valence-electron chi connectivity index (χ3n) is 3.45. The van der Waals surface area contributed by atoms with Gasteiger partial charge in [0.15, 0.2) is 0 Å². The fraction of sp³-hybridized carbons (Fsp3) is 0.333. The summed E-state index contributed by atoms with van der Waals surface area (Å²) in [6.45, 7) is 5.41. The fourth-order valence-electron chi connectivity index (χ4n) is 2.62. The van der Waals surface area contributed by atoms with Crippen molar-refractivity contribution in [3.05, 3.63) is 58.9 Å². The molecule has 1 N–H and O–H groups in total. The summed E-state index contributed by atoms with van der Waals surface area (Å²) < 4.78 is 0. The van der Waals surface area contributed by atoms with Crippen LogP contribution in [0.4, 0.5) is 0 Å². The summed E-state index contributed by atoms with van der Waals surface area (Å²) in [5.74, 6) is 0. The third-order valence-corrected chi connectivity index (χ3v) is 3.45. The second kappa shape index (κ2) is 4.38. The number of rotatable bonds is 2. The topological polar surface area (TPSA) is 19.0 Å². The lowest BCUT2D eigenvalue weighted by Crippen LogP contribution is -2.29. The van der Waals surface area contributed by atoms with Gasteiger partial charge in [0, 0.05) is 31.0 Å². The molecule has 0 unspecified atom stereocenters. The minimum atomic E-state index is 1.05. The highest BCUT2D eigenvalue weighted by molar-refractivity contribution is 5.27. The average Bonchev–Trinajstić information content (AvgIpc) is 2.70. The first-order chi connectivity index (χ1) is 8.31. The van der Waals surface area contributed by atoms with Gasteiger partial charge in [-0.3, -0.25) is 4.90 Å². The molecule has 0 bridgehead atoms. The van der Waals surface area contributed by atoms with E-state index in [-0.39, 0.29) is 0 Å². The number of aryl methyl sites for hydroxylation is 1. The summed E-state index contributed by atoms with van der Waals surface area (Å²) in [5, 5.41) is 0. The van der Waals surface area contributed by atoms with Crippen LogP contribution < -0.4 is 0 Å². The molecule has 3 rings (SSSR count). The molecule has 0 fully saturated rings. The summed E-state index contributed by atoms with van der Waals surface area (Å²) in [6, 6.07) is 13.0. The SMILES string of the molecule is Cc1cc2c([nH]1)CN(Cc1ccccc1)CC2. The largest absolute Gasteiger partial charge is 0.361 e. The van der Waals surface area contributed by atoms with Crippen LogP contribution in [-0.2, 0) is 19.5 Å². The Morgan fingerprint density at radius 2 is 2.06 bits per heavy atom. The van der Waals surface area contributed by atoms with E-state index in [4.69, 9.17) is 0 Å². The monoisotopic (exact) mass is 226 g/mol. The molecule has 0 radical (unpaired) electrons. The Kier molecular flexibility index (Phi) is 2.73. The van der Waals surface area contributed by atoms with Crippen LogP contribution >= 0.6 is 0 Å². The van der Waals surface area contributed by atoms with E-state index >= 15 is 0 Å². The Hall–Kier alpha value is -1.54. The number of aromatic amines is 1. The summed E-state index contributed by atoms with van der Waals surface area (Å²) in [6.07, 6.45) is 1.17. The summed E-state index contributed by atoms with van der Waals surface area (Å²) in [7, 11) is 0. The first-order valence-electron chi connectivity index (χ1n) is 6.25. The van der Waals surface area contributed by atoms with Crippen LogP contribution in [0.2, 0.25) is 0 Å². The predicted octanol–water partition coefficient (Wildman–Crippen LogP) is 2.88. The molecule has 0 spiro atoms. The zero-order valence-electron chi connectivity index (χ0n) is 10.2. The Morgan fingerprint density at radius 1 is 1.24 bits per heavy atom. The molecule has 2 aromatic rings. The molecule has 2 heteroatoms. The average molecular weight is 226 g/mol. The first-order valence-corrected chi connectivity index (χ1v) is 6.25. The highest BCUT2D eigenvalue weighted by Crippen LogP contribution is 2.20. The van der Waals surface area contributed by atoms with Gasteiger partial charge in [0.05, 0.1) is 0 Å². The number of fused-ring (bicyclic) bond motifs is 1. The summed E-state index contributed by atoms with van der Waals surface area (Å²) in [4.78, 5) is 5.98. The van der Waals surface area contributed by atoms with E-state index in [0.717, 1.165) is 13.1 Å². The van der Waals surface area contributed by atoms with E-state index in [1.165, 1.54) is 35.5 Å². The number of nitrogens with one attached hydrogen (secondary N) is 1. The van der Waals surface area contributed by atoms with Crippen LogP contribution in [0.15, 0.2) is 36.4 Å². The molecule has 0 saturated carbocycles. The molecule has 1 aromatic carbocycles. The molecule has 1 aliphatic heterocycles. The molecule has 17 heavy (non-hydrogen) atoms. The number of hydrogen-bond donors (Lipinski definition) is 1. The first kappa shape index (κ1) is 10.6. The van der Waals surface area contributed by atoms with Crippen LogP contribution in [0.5, 0.6) is 0 Å². The zero-order valence-corrected chi connectivity index (χ0v) is 10.2. The lowest BCUT2D eigenvalue weighted by atomic mass is 10.1. The molecule has 88 valence electrons. The van der Waals surface area contributed by atoms with Crippen molar-refractivity contribution >= 4 is 0 Å². The predicted molar refractivity (Wildman–Crippen MR) is 69.8 cm³/mol. The number of H-pyrrole nitrogens is 1.